The number of hydrogen-bond donors (Lipinski definition) is 2. The molecule has 1 aliphatic carbocycles. The highest BCUT2D eigenvalue weighted by Gasteiger charge is 2.30. The second-order valence-electron chi connectivity index (χ2n) is 12.9. The fourth-order valence-electron chi connectivity index (χ4n) is 6.78. The van der Waals surface area contributed by atoms with Crippen LogP contribution >= 0.6 is 0 Å². The highest BCUT2D eigenvalue weighted by Crippen LogP contribution is 2.27. The molecule has 3 heterocycles. The van der Waals surface area contributed by atoms with Gasteiger partial charge in [0.1, 0.15) is 5.82 Å². The van der Waals surface area contributed by atoms with Gasteiger partial charge in [-0.3, -0.25) is 14.4 Å². The average Bonchev–Trinajstić information content (AvgIpc) is 3.77. The van der Waals surface area contributed by atoms with Crippen LogP contribution in [0.1, 0.15) is 40.7 Å². The first-order chi connectivity index (χ1) is 23.5. The van der Waals surface area contributed by atoms with Crippen molar-refractivity contribution < 1.29 is 9.53 Å². The van der Waals surface area contributed by atoms with E-state index in [1.54, 1.807) is 23.1 Å². The van der Waals surface area contributed by atoms with E-state index in [0.717, 1.165) is 68.7 Å². The average molecular weight is 642 g/mol. The zero-order valence-electron chi connectivity index (χ0n) is 27.5. The van der Waals surface area contributed by atoms with Crippen LogP contribution in [0.25, 0.3) is 22.3 Å². The first-order valence-corrected chi connectivity index (χ1v) is 16.9. The lowest BCUT2D eigenvalue weighted by atomic mass is 10.0. The van der Waals surface area contributed by atoms with Crippen molar-refractivity contribution in [2.24, 2.45) is 7.05 Å². The number of para-hydroxylation sites is 1. The highest BCUT2D eigenvalue weighted by atomic mass is 16.5. The van der Waals surface area contributed by atoms with Crippen molar-refractivity contribution in [2.75, 3.05) is 36.8 Å². The van der Waals surface area contributed by atoms with Crippen LogP contribution < -0.4 is 16.0 Å². The number of amides is 1. The molecule has 0 bridgehead atoms. The van der Waals surface area contributed by atoms with Crippen LogP contribution in [0, 0.1) is 0 Å². The number of anilines is 2. The largest absolute Gasteiger partial charge is 0.383 e. The number of piperazine rings is 1. The van der Waals surface area contributed by atoms with Crippen LogP contribution in [0.4, 0.5) is 11.5 Å². The Morgan fingerprint density at radius 2 is 1.56 bits per heavy atom. The Labute approximate surface area is 282 Å². The predicted molar refractivity (Wildman–Crippen MR) is 190 cm³/mol. The van der Waals surface area contributed by atoms with Gasteiger partial charge in [0.2, 0.25) is 0 Å². The smallest absolute Gasteiger partial charge is 0.255 e. The predicted octanol–water partition coefficient (Wildman–Crippen LogP) is 5.92. The van der Waals surface area contributed by atoms with Gasteiger partial charge in [0.15, 0.2) is 0 Å². The maximum Gasteiger partial charge on any atom is 0.255 e. The number of carbonyl (C=O) groups excluding carboxylic acids is 1. The molecule has 7 rings (SSSR count). The molecule has 1 saturated carbocycles. The van der Waals surface area contributed by atoms with E-state index in [9.17, 15) is 4.79 Å². The number of ether oxygens (including phenoxy) is 1. The Hall–Kier alpha value is -4.99. The number of nitrogens with two attached hydrogens (primary N) is 1. The molecule has 5 aromatic rings. The Bertz CT molecular complexity index is 1810. The van der Waals surface area contributed by atoms with Crippen LogP contribution in [0.15, 0.2) is 104 Å². The Morgan fingerprint density at radius 1 is 0.854 bits per heavy atom. The summed E-state index contributed by atoms with van der Waals surface area (Å²) in [4.78, 5) is 22.6. The zero-order valence-corrected chi connectivity index (χ0v) is 27.5. The summed E-state index contributed by atoms with van der Waals surface area (Å²) in [6.07, 6.45) is 8.01. The molecule has 1 amide bonds. The number of rotatable bonds is 10. The number of carbonyl (C=O) groups is 1. The molecule has 1 saturated heterocycles. The summed E-state index contributed by atoms with van der Waals surface area (Å²) in [6, 6.07) is 29.9. The zero-order chi connectivity index (χ0) is 32.9. The number of benzene rings is 3. The van der Waals surface area contributed by atoms with E-state index in [2.05, 4.69) is 104 Å². The minimum atomic E-state index is -0.229. The minimum absolute atomic E-state index is 0.0572. The summed E-state index contributed by atoms with van der Waals surface area (Å²) in [5.41, 5.74) is 14.3. The monoisotopic (exact) mass is 641 g/mol. The lowest BCUT2D eigenvalue weighted by Crippen LogP contribution is -2.45. The summed E-state index contributed by atoms with van der Waals surface area (Å²) in [7, 11) is 1.85. The van der Waals surface area contributed by atoms with Crippen LogP contribution in [0.2, 0.25) is 0 Å². The fourth-order valence-corrected chi connectivity index (χ4v) is 6.78. The van der Waals surface area contributed by atoms with Crippen molar-refractivity contribution >= 4 is 17.4 Å². The molecule has 9 nitrogen and oxygen atoms in total. The number of pyridine rings is 1. The standard InChI is InChI=1S/C39H43N7O2/c1-44-26-33(24-42-44)32-22-35(38(40)41-23-32)39(47)43-36-8-5-9-37(36)48-27-29-12-16-31(17-13-29)30-14-10-28(11-15-30)25-45-18-20-46(21-19-45)34-6-3-2-4-7-34/h2-4,6-7,10-17,22-24,26,36-37H,5,8-9,18-21,25,27H2,1H3,(H2,40,41)(H,43,47)/t36-,37-/m0/s1. The maximum atomic E-state index is 13.3. The molecule has 3 aromatic carbocycles. The van der Waals surface area contributed by atoms with Crippen molar-refractivity contribution in [3.8, 4) is 22.3 Å². The van der Waals surface area contributed by atoms with Crippen molar-refractivity contribution in [1.29, 1.82) is 0 Å². The molecule has 9 heteroatoms. The van der Waals surface area contributed by atoms with E-state index in [1.165, 1.54) is 22.4 Å². The molecule has 48 heavy (non-hydrogen) atoms. The third-order valence-corrected chi connectivity index (χ3v) is 9.58. The Morgan fingerprint density at radius 3 is 2.25 bits per heavy atom. The van der Waals surface area contributed by atoms with Crippen molar-refractivity contribution in [3.63, 3.8) is 0 Å². The van der Waals surface area contributed by atoms with Gasteiger partial charge in [-0.15, -0.1) is 0 Å². The number of nitrogen functional groups attached to an aromatic ring is 1. The van der Waals surface area contributed by atoms with E-state index in [0.29, 0.717) is 12.2 Å². The summed E-state index contributed by atoms with van der Waals surface area (Å²) in [5, 5.41) is 7.38. The molecule has 2 fully saturated rings. The molecule has 246 valence electrons. The van der Waals surface area contributed by atoms with Gasteiger partial charge in [0, 0.05) is 69.0 Å². The fraction of sp³-hybridized carbons (Fsp3) is 0.308. The van der Waals surface area contributed by atoms with Crippen molar-refractivity contribution in [1.82, 2.24) is 25.0 Å². The normalized spacial score (nSPS) is 18.2. The van der Waals surface area contributed by atoms with Gasteiger partial charge in [0.25, 0.3) is 5.91 Å². The first-order valence-electron chi connectivity index (χ1n) is 16.9. The number of nitrogens with one attached hydrogen (secondary N) is 1. The van der Waals surface area contributed by atoms with Gasteiger partial charge in [-0.05, 0) is 59.7 Å². The van der Waals surface area contributed by atoms with Gasteiger partial charge < -0.3 is 20.7 Å². The molecular formula is C39H43N7O2. The molecule has 3 N–H and O–H groups in total. The number of hydrogen-bond acceptors (Lipinski definition) is 7. The summed E-state index contributed by atoms with van der Waals surface area (Å²) in [5.74, 6) is -0.0184. The van der Waals surface area contributed by atoms with E-state index in [4.69, 9.17) is 10.5 Å². The van der Waals surface area contributed by atoms with Gasteiger partial charge in [-0.2, -0.15) is 5.10 Å². The first kappa shape index (κ1) is 31.6. The summed E-state index contributed by atoms with van der Waals surface area (Å²) in [6.45, 7) is 5.73. The Balaban J connectivity index is 0.895. The third-order valence-electron chi connectivity index (χ3n) is 9.58. The summed E-state index contributed by atoms with van der Waals surface area (Å²) >= 11 is 0. The second-order valence-corrected chi connectivity index (χ2v) is 12.9. The molecular weight excluding hydrogens is 598 g/mol. The van der Waals surface area contributed by atoms with Gasteiger partial charge in [0.05, 0.1) is 30.5 Å². The van der Waals surface area contributed by atoms with Gasteiger partial charge >= 0.3 is 0 Å². The maximum absolute atomic E-state index is 13.3. The van der Waals surface area contributed by atoms with Gasteiger partial charge in [-0.1, -0.05) is 66.7 Å². The molecule has 2 atom stereocenters. The highest BCUT2D eigenvalue weighted by molar-refractivity contribution is 5.99. The van der Waals surface area contributed by atoms with Crippen LogP contribution in [-0.2, 0) is 24.9 Å². The third kappa shape index (κ3) is 7.43. The quantitative estimate of drug-likeness (QED) is 0.195. The molecule has 0 spiro atoms. The van der Waals surface area contributed by atoms with Crippen molar-refractivity contribution in [2.45, 2.75) is 44.6 Å². The van der Waals surface area contributed by atoms with Crippen molar-refractivity contribution in [3.05, 3.63) is 120 Å². The second kappa shape index (κ2) is 14.4. The SMILES string of the molecule is Cn1cc(-c2cnc(N)c(C(=O)N[C@H]3CCC[C@@H]3OCc3ccc(-c4ccc(CN5CCN(c6ccccc6)CC5)cc4)cc3)c2)cn1. The van der Waals surface area contributed by atoms with Gasteiger partial charge in [-0.25, -0.2) is 4.98 Å². The summed E-state index contributed by atoms with van der Waals surface area (Å²) < 4.78 is 8.06. The number of aryl methyl sites for hydroxylation is 1. The van der Waals surface area contributed by atoms with E-state index in [-0.39, 0.29) is 23.9 Å². The molecule has 1 aliphatic heterocycles. The molecule has 0 radical (unpaired) electrons. The van der Waals surface area contributed by atoms with E-state index >= 15 is 0 Å². The Kier molecular flexibility index (Phi) is 9.49. The minimum Gasteiger partial charge on any atom is -0.383 e. The molecule has 0 unspecified atom stereocenters. The van der Waals surface area contributed by atoms with E-state index < -0.39 is 0 Å². The number of nitrogens with zero attached hydrogens (tertiary/aromatic N) is 5. The van der Waals surface area contributed by atoms with E-state index in [1.807, 2.05) is 13.2 Å². The lowest BCUT2D eigenvalue weighted by molar-refractivity contribution is 0.0272. The number of aromatic nitrogens is 3. The van der Waals surface area contributed by atoms with Crippen LogP contribution in [0.3, 0.4) is 0 Å². The molecule has 2 aliphatic rings. The topological polar surface area (TPSA) is 102 Å². The van der Waals surface area contributed by atoms with Crippen LogP contribution in [-0.4, -0.2) is 63.9 Å². The lowest BCUT2D eigenvalue weighted by Gasteiger charge is -2.36. The molecule has 2 aromatic heterocycles. The van der Waals surface area contributed by atoms with Crippen LogP contribution in [0.5, 0.6) is 0 Å².